The van der Waals surface area contributed by atoms with E-state index in [9.17, 15) is 18.0 Å². The summed E-state index contributed by atoms with van der Waals surface area (Å²) in [5, 5.41) is 13.5. The predicted octanol–water partition coefficient (Wildman–Crippen LogP) is 2.22. The fourth-order valence-electron chi connectivity index (χ4n) is 2.91. The smallest absolute Gasteiger partial charge is 0.333 e. The molecule has 12 heteroatoms. The Morgan fingerprint density at radius 2 is 1.78 bits per heavy atom. The average molecular weight is 481 g/mol. The summed E-state index contributed by atoms with van der Waals surface area (Å²) in [5.41, 5.74) is 12.7. The van der Waals surface area contributed by atoms with Gasteiger partial charge in [-0.05, 0) is 43.7 Å². The highest BCUT2D eigenvalue weighted by Gasteiger charge is 2.27. The summed E-state index contributed by atoms with van der Waals surface area (Å²) in [5.74, 6) is -0.981. The summed E-state index contributed by atoms with van der Waals surface area (Å²) < 4.78 is 25.0. The van der Waals surface area contributed by atoms with Gasteiger partial charge in [-0.1, -0.05) is 23.7 Å². The van der Waals surface area contributed by atoms with Crippen molar-refractivity contribution in [3.8, 4) is 0 Å². The van der Waals surface area contributed by atoms with Crippen LogP contribution in [0.5, 0.6) is 0 Å². The van der Waals surface area contributed by atoms with Gasteiger partial charge in [-0.2, -0.15) is 4.31 Å². The van der Waals surface area contributed by atoms with E-state index in [1.165, 1.54) is 25.1 Å². The van der Waals surface area contributed by atoms with Crippen LogP contribution in [0.3, 0.4) is 0 Å². The standard InChI is InChI=1S/C20H25ClN6O4S/c1-3-25-17-9-12(18(22)23)5-6-13(17)11-26-19(28)14-7-15(21)10-16(8-14)27(20(24)29)32(30,31)4-2/h5-10,25H,3-4,11H2,1-2H3,(H3,22,23)(H2,24,29)(H,26,28). The van der Waals surface area contributed by atoms with Crippen LogP contribution in [0.4, 0.5) is 16.2 Å². The molecule has 32 heavy (non-hydrogen) atoms. The van der Waals surface area contributed by atoms with Crippen LogP contribution in [0.25, 0.3) is 0 Å². The number of nitrogen functional groups attached to an aromatic ring is 1. The number of amidine groups is 1. The number of anilines is 2. The molecule has 0 bridgehead atoms. The number of carbonyl (C=O) groups excluding carboxylic acids is 2. The Balaban J connectivity index is 2.32. The van der Waals surface area contributed by atoms with Crippen molar-refractivity contribution in [1.29, 1.82) is 5.41 Å². The van der Waals surface area contributed by atoms with E-state index < -0.39 is 22.0 Å². The molecule has 172 valence electrons. The lowest BCUT2D eigenvalue weighted by atomic mass is 10.1. The van der Waals surface area contributed by atoms with Gasteiger partial charge in [-0.25, -0.2) is 13.2 Å². The number of nitrogens with zero attached hydrogens (tertiary/aromatic N) is 1. The van der Waals surface area contributed by atoms with Crippen LogP contribution >= 0.6 is 11.6 Å². The van der Waals surface area contributed by atoms with Crippen molar-refractivity contribution in [2.45, 2.75) is 20.4 Å². The zero-order valence-electron chi connectivity index (χ0n) is 17.6. The maximum absolute atomic E-state index is 12.8. The lowest BCUT2D eigenvalue weighted by Gasteiger charge is -2.20. The monoisotopic (exact) mass is 480 g/mol. The van der Waals surface area contributed by atoms with E-state index in [0.717, 1.165) is 5.56 Å². The van der Waals surface area contributed by atoms with Crippen molar-refractivity contribution in [1.82, 2.24) is 5.32 Å². The number of urea groups is 1. The first-order valence-corrected chi connectivity index (χ1v) is 11.6. The summed E-state index contributed by atoms with van der Waals surface area (Å²) in [4.78, 5) is 24.5. The van der Waals surface area contributed by atoms with Gasteiger partial charge in [-0.3, -0.25) is 10.2 Å². The Morgan fingerprint density at radius 1 is 1.09 bits per heavy atom. The normalized spacial score (nSPS) is 11.0. The zero-order valence-corrected chi connectivity index (χ0v) is 19.2. The minimum atomic E-state index is -4.02. The van der Waals surface area contributed by atoms with Crippen molar-refractivity contribution >= 4 is 50.8 Å². The summed E-state index contributed by atoms with van der Waals surface area (Å²) >= 11 is 6.07. The fraction of sp³-hybridized carbons (Fsp3) is 0.250. The molecular weight excluding hydrogens is 456 g/mol. The van der Waals surface area contributed by atoms with Gasteiger partial charge in [0, 0.05) is 34.9 Å². The van der Waals surface area contributed by atoms with Gasteiger partial charge in [-0.15, -0.1) is 0 Å². The van der Waals surface area contributed by atoms with Crippen molar-refractivity contribution in [2.24, 2.45) is 11.5 Å². The molecule has 0 saturated carbocycles. The molecule has 0 heterocycles. The third kappa shape index (κ3) is 5.89. The van der Waals surface area contributed by atoms with Crippen molar-refractivity contribution in [2.75, 3.05) is 21.9 Å². The molecule has 2 aromatic rings. The van der Waals surface area contributed by atoms with E-state index in [0.29, 0.717) is 22.1 Å². The van der Waals surface area contributed by atoms with Gasteiger partial charge in [0.2, 0.25) is 10.0 Å². The molecule has 0 radical (unpaired) electrons. The Labute approximate surface area is 191 Å². The number of hydrogen-bond donors (Lipinski definition) is 5. The first kappa shape index (κ1) is 25.0. The molecule has 0 atom stereocenters. The zero-order chi connectivity index (χ0) is 24.1. The van der Waals surface area contributed by atoms with Gasteiger partial charge in [0.15, 0.2) is 0 Å². The summed E-state index contributed by atoms with van der Waals surface area (Å²) in [6, 6.07) is 7.72. The third-order valence-electron chi connectivity index (χ3n) is 4.45. The molecule has 0 aliphatic rings. The molecule has 0 aliphatic heterocycles. The molecule has 2 aromatic carbocycles. The van der Waals surface area contributed by atoms with Crippen LogP contribution < -0.4 is 26.4 Å². The van der Waals surface area contributed by atoms with E-state index in [-0.39, 0.29) is 34.4 Å². The molecule has 0 saturated heterocycles. The number of hydrogen-bond acceptors (Lipinski definition) is 6. The SMILES string of the molecule is CCNc1cc(C(=N)N)ccc1CNC(=O)c1cc(Cl)cc(N(C(N)=O)S(=O)(=O)CC)c1. The quantitative estimate of drug-likeness (QED) is 0.272. The molecule has 7 N–H and O–H groups in total. The number of primary amides is 1. The maximum atomic E-state index is 12.8. The molecule has 10 nitrogen and oxygen atoms in total. The molecule has 0 aromatic heterocycles. The van der Waals surface area contributed by atoms with Crippen molar-refractivity contribution in [3.05, 3.63) is 58.1 Å². The fourth-order valence-corrected chi connectivity index (χ4v) is 4.10. The van der Waals surface area contributed by atoms with E-state index in [2.05, 4.69) is 10.6 Å². The van der Waals surface area contributed by atoms with E-state index in [1.54, 1.807) is 18.2 Å². The van der Waals surface area contributed by atoms with Crippen LogP contribution in [-0.2, 0) is 16.6 Å². The predicted molar refractivity (Wildman–Crippen MR) is 126 cm³/mol. The molecule has 0 unspecified atom stereocenters. The molecule has 2 rings (SSSR count). The number of rotatable bonds is 9. The molecule has 0 spiro atoms. The van der Waals surface area contributed by atoms with Crippen molar-refractivity contribution < 1.29 is 18.0 Å². The van der Waals surface area contributed by atoms with E-state index >= 15 is 0 Å². The lowest BCUT2D eigenvalue weighted by molar-refractivity contribution is 0.0951. The Kier molecular flexibility index (Phi) is 8.06. The topological polar surface area (TPSA) is 171 Å². The Bertz CT molecular complexity index is 1150. The van der Waals surface area contributed by atoms with Gasteiger partial charge < -0.3 is 22.1 Å². The number of nitrogens with two attached hydrogens (primary N) is 2. The molecule has 3 amide bonds. The van der Waals surface area contributed by atoms with Crippen LogP contribution in [0.2, 0.25) is 5.02 Å². The summed E-state index contributed by atoms with van der Waals surface area (Å²) in [6.07, 6.45) is 0. The largest absolute Gasteiger partial charge is 0.385 e. The van der Waals surface area contributed by atoms with Crippen LogP contribution in [0.1, 0.15) is 35.3 Å². The minimum Gasteiger partial charge on any atom is -0.385 e. The number of nitrogens with one attached hydrogen (secondary N) is 3. The highest BCUT2D eigenvalue weighted by molar-refractivity contribution is 7.93. The molecule has 0 aliphatic carbocycles. The number of amides is 3. The first-order valence-electron chi connectivity index (χ1n) is 9.62. The lowest BCUT2D eigenvalue weighted by Crippen LogP contribution is -2.41. The van der Waals surface area contributed by atoms with Gasteiger partial charge in [0.25, 0.3) is 5.91 Å². The van der Waals surface area contributed by atoms with Gasteiger partial charge >= 0.3 is 6.03 Å². The summed E-state index contributed by atoms with van der Waals surface area (Å²) in [7, 11) is -4.02. The summed E-state index contributed by atoms with van der Waals surface area (Å²) in [6.45, 7) is 4.02. The van der Waals surface area contributed by atoms with Gasteiger partial charge in [0.1, 0.15) is 5.84 Å². The second kappa shape index (κ2) is 10.3. The number of benzene rings is 2. The van der Waals surface area contributed by atoms with Crippen molar-refractivity contribution in [3.63, 3.8) is 0 Å². The second-order valence-electron chi connectivity index (χ2n) is 6.70. The first-order chi connectivity index (χ1) is 15.0. The van der Waals surface area contributed by atoms with E-state index in [4.69, 9.17) is 28.5 Å². The Morgan fingerprint density at radius 3 is 2.34 bits per heavy atom. The number of sulfonamides is 1. The maximum Gasteiger partial charge on any atom is 0.333 e. The minimum absolute atomic E-state index is 0.0513. The number of halogens is 1. The molecule has 0 fully saturated rings. The highest BCUT2D eigenvalue weighted by Crippen LogP contribution is 2.25. The second-order valence-corrected chi connectivity index (χ2v) is 9.24. The van der Waals surface area contributed by atoms with Crippen LogP contribution in [0, 0.1) is 5.41 Å². The Hall–Kier alpha value is -3.31. The average Bonchev–Trinajstić information content (AvgIpc) is 2.71. The highest BCUT2D eigenvalue weighted by atomic mass is 35.5. The molecular formula is C20H25ClN6O4S. The van der Waals surface area contributed by atoms with Gasteiger partial charge in [0.05, 0.1) is 11.4 Å². The van der Waals surface area contributed by atoms with Crippen LogP contribution in [-0.4, -0.2) is 38.5 Å². The van der Waals surface area contributed by atoms with E-state index in [1.807, 2.05) is 6.92 Å². The number of carbonyl (C=O) groups is 2. The van der Waals surface area contributed by atoms with Crippen LogP contribution in [0.15, 0.2) is 36.4 Å². The third-order valence-corrected chi connectivity index (χ3v) is 6.34.